The van der Waals surface area contributed by atoms with Crippen LogP contribution in [0.15, 0.2) is 0 Å². The van der Waals surface area contributed by atoms with E-state index in [9.17, 15) is 9.90 Å². The number of hydrogen-bond donors (Lipinski definition) is 3. The number of rotatable bonds is 3. The van der Waals surface area contributed by atoms with Crippen LogP contribution in [0.4, 0.5) is 0 Å². The summed E-state index contributed by atoms with van der Waals surface area (Å²) in [6, 6.07) is 0. The molecule has 0 spiro atoms. The Morgan fingerprint density at radius 2 is 2.27 bits per heavy atom. The van der Waals surface area contributed by atoms with Gasteiger partial charge in [0.1, 0.15) is 0 Å². The van der Waals surface area contributed by atoms with Gasteiger partial charge in [0, 0.05) is 19.0 Å². The van der Waals surface area contributed by atoms with Crippen LogP contribution in [0.3, 0.4) is 0 Å². The Hall–Kier alpha value is -0.610. The van der Waals surface area contributed by atoms with E-state index in [1.54, 1.807) is 0 Å². The molecule has 0 aromatic rings. The maximum atomic E-state index is 11.7. The summed E-state index contributed by atoms with van der Waals surface area (Å²) < 4.78 is 0. The van der Waals surface area contributed by atoms with Gasteiger partial charge in [-0.1, -0.05) is 6.42 Å². The standard InChI is InChI=1S/C11H20N2O2/c14-10-3-1-2-8(10)7-13-11(15)9-4-5-12-6-9/h8-10,12,14H,1-7H2,(H,13,15)/t8?,9-,10?/m1/s1. The molecule has 0 aromatic heterocycles. The van der Waals surface area contributed by atoms with Gasteiger partial charge in [-0.15, -0.1) is 0 Å². The topological polar surface area (TPSA) is 61.4 Å². The fraction of sp³-hybridized carbons (Fsp3) is 0.909. The minimum Gasteiger partial charge on any atom is -0.393 e. The Kier molecular flexibility index (Phi) is 3.59. The van der Waals surface area contributed by atoms with Crippen molar-refractivity contribution in [3.05, 3.63) is 0 Å². The summed E-state index contributed by atoms with van der Waals surface area (Å²) in [5, 5.41) is 15.7. The van der Waals surface area contributed by atoms with Gasteiger partial charge in [-0.2, -0.15) is 0 Å². The molecular weight excluding hydrogens is 192 g/mol. The van der Waals surface area contributed by atoms with Gasteiger partial charge in [0.05, 0.1) is 12.0 Å². The van der Waals surface area contributed by atoms with E-state index in [-0.39, 0.29) is 23.8 Å². The van der Waals surface area contributed by atoms with Crippen LogP contribution in [0.2, 0.25) is 0 Å². The second-order valence-corrected chi connectivity index (χ2v) is 4.69. The number of carbonyl (C=O) groups excluding carboxylic acids is 1. The van der Waals surface area contributed by atoms with Crippen molar-refractivity contribution in [1.29, 1.82) is 0 Å². The lowest BCUT2D eigenvalue weighted by molar-refractivity contribution is -0.124. The molecule has 1 aliphatic carbocycles. The molecular formula is C11H20N2O2. The second-order valence-electron chi connectivity index (χ2n) is 4.69. The first-order valence-electron chi connectivity index (χ1n) is 5.94. The van der Waals surface area contributed by atoms with Crippen molar-refractivity contribution in [2.45, 2.75) is 31.8 Å². The van der Waals surface area contributed by atoms with Crippen LogP contribution < -0.4 is 10.6 Å². The highest BCUT2D eigenvalue weighted by Gasteiger charge is 2.27. The van der Waals surface area contributed by atoms with Gasteiger partial charge in [0.2, 0.25) is 5.91 Å². The number of aliphatic hydroxyl groups excluding tert-OH is 1. The SMILES string of the molecule is O=C(NCC1CCCC1O)[C@@H]1CCNC1. The average molecular weight is 212 g/mol. The van der Waals surface area contributed by atoms with Gasteiger partial charge in [0.25, 0.3) is 0 Å². The summed E-state index contributed by atoms with van der Waals surface area (Å²) in [5.41, 5.74) is 0. The molecule has 3 N–H and O–H groups in total. The molecule has 4 heteroatoms. The van der Waals surface area contributed by atoms with Crippen molar-refractivity contribution in [2.24, 2.45) is 11.8 Å². The first kappa shape index (κ1) is 10.9. The molecule has 1 saturated heterocycles. The van der Waals surface area contributed by atoms with Crippen molar-refractivity contribution >= 4 is 5.91 Å². The van der Waals surface area contributed by atoms with Crippen molar-refractivity contribution in [3.63, 3.8) is 0 Å². The smallest absolute Gasteiger partial charge is 0.224 e. The van der Waals surface area contributed by atoms with Crippen molar-refractivity contribution in [2.75, 3.05) is 19.6 Å². The molecule has 2 rings (SSSR count). The van der Waals surface area contributed by atoms with Crippen LogP contribution in [-0.2, 0) is 4.79 Å². The molecule has 15 heavy (non-hydrogen) atoms. The van der Waals surface area contributed by atoms with Crippen molar-refractivity contribution in [1.82, 2.24) is 10.6 Å². The Balaban J connectivity index is 1.70. The lowest BCUT2D eigenvalue weighted by Gasteiger charge is -2.16. The second kappa shape index (κ2) is 4.94. The number of amides is 1. The van der Waals surface area contributed by atoms with Crippen LogP contribution in [0.1, 0.15) is 25.7 Å². The predicted molar refractivity (Wildman–Crippen MR) is 57.3 cm³/mol. The van der Waals surface area contributed by atoms with E-state index in [4.69, 9.17) is 0 Å². The lowest BCUT2D eigenvalue weighted by atomic mass is 10.0. The number of hydrogen-bond acceptors (Lipinski definition) is 3. The third kappa shape index (κ3) is 2.69. The number of nitrogens with one attached hydrogen (secondary N) is 2. The van der Waals surface area contributed by atoms with Crippen LogP contribution in [0.25, 0.3) is 0 Å². The Morgan fingerprint density at radius 1 is 1.40 bits per heavy atom. The third-order valence-corrected chi connectivity index (χ3v) is 3.59. The molecule has 2 unspecified atom stereocenters. The maximum absolute atomic E-state index is 11.7. The van der Waals surface area contributed by atoms with E-state index in [1.807, 2.05) is 0 Å². The molecule has 4 nitrogen and oxygen atoms in total. The van der Waals surface area contributed by atoms with Crippen molar-refractivity contribution < 1.29 is 9.90 Å². The predicted octanol–water partition coefficient (Wildman–Crippen LogP) is -0.127. The third-order valence-electron chi connectivity index (χ3n) is 3.59. The lowest BCUT2D eigenvalue weighted by Crippen LogP contribution is -2.37. The van der Waals surface area contributed by atoms with E-state index in [0.717, 1.165) is 38.8 Å². The van der Waals surface area contributed by atoms with Gasteiger partial charge >= 0.3 is 0 Å². The molecule has 0 radical (unpaired) electrons. The summed E-state index contributed by atoms with van der Waals surface area (Å²) in [4.78, 5) is 11.7. The number of aliphatic hydroxyl groups is 1. The monoisotopic (exact) mass is 212 g/mol. The van der Waals surface area contributed by atoms with E-state index in [0.29, 0.717) is 6.54 Å². The first-order chi connectivity index (χ1) is 7.27. The molecule has 2 aliphatic rings. The fourth-order valence-corrected chi connectivity index (χ4v) is 2.51. The Labute approximate surface area is 90.4 Å². The highest BCUT2D eigenvalue weighted by Crippen LogP contribution is 2.24. The Bertz CT molecular complexity index is 227. The summed E-state index contributed by atoms with van der Waals surface area (Å²) in [5.74, 6) is 0.575. The van der Waals surface area contributed by atoms with Crippen molar-refractivity contribution in [3.8, 4) is 0 Å². The maximum Gasteiger partial charge on any atom is 0.224 e. The fourth-order valence-electron chi connectivity index (χ4n) is 2.51. The van der Waals surface area contributed by atoms with Gasteiger partial charge < -0.3 is 15.7 Å². The largest absolute Gasteiger partial charge is 0.393 e. The quantitative estimate of drug-likeness (QED) is 0.611. The molecule has 1 aliphatic heterocycles. The molecule has 1 amide bonds. The van der Waals surface area contributed by atoms with E-state index in [2.05, 4.69) is 10.6 Å². The number of carbonyl (C=O) groups is 1. The molecule has 3 atom stereocenters. The van der Waals surface area contributed by atoms with E-state index in [1.165, 1.54) is 0 Å². The molecule has 1 heterocycles. The van der Waals surface area contributed by atoms with Gasteiger partial charge in [-0.05, 0) is 25.8 Å². The first-order valence-corrected chi connectivity index (χ1v) is 5.94. The summed E-state index contributed by atoms with van der Waals surface area (Å²) >= 11 is 0. The summed E-state index contributed by atoms with van der Waals surface area (Å²) in [6.07, 6.45) is 3.77. The highest BCUT2D eigenvalue weighted by atomic mass is 16.3. The molecule has 0 aromatic carbocycles. The van der Waals surface area contributed by atoms with E-state index >= 15 is 0 Å². The van der Waals surface area contributed by atoms with E-state index < -0.39 is 0 Å². The zero-order valence-electron chi connectivity index (χ0n) is 9.04. The summed E-state index contributed by atoms with van der Waals surface area (Å²) in [6.45, 7) is 2.40. The zero-order chi connectivity index (χ0) is 10.7. The summed E-state index contributed by atoms with van der Waals surface area (Å²) in [7, 11) is 0. The highest BCUT2D eigenvalue weighted by molar-refractivity contribution is 5.79. The van der Waals surface area contributed by atoms with Crippen LogP contribution >= 0.6 is 0 Å². The average Bonchev–Trinajstić information content (AvgIpc) is 2.85. The van der Waals surface area contributed by atoms with Crippen LogP contribution in [-0.4, -0.2) is 36.8 Å². The molecule has 86 valence electrons. The van der Waals surface area contributed by atoms with Gasteiger partial charge in [-0.3, -0.25) is 4.79 Å². The Morgan fingerprint density at radius 3 is 2.87 bits per heavy atom. The van der Waals surface area contributed by atoms with Crippen LogP contribution in [0.5, 0.6) is 0 Å². The van der Waals surface area contributed by atoms with Gasteiger partial charge in [0.15, 0.2) is 0 Å². The minimum absolute atomic E-state index is 0.142. The van der Waals surface area contributed by atoms with Crippen LogP contribution in [0, 0.1) is 11.8 Å². The molecule has 1 saturated carbocycles. The molecule has 0 bridgehead atoms. The normalized spacial score (nSPS) is 35.7. The van der Waals surface area contributed by atoms with Gasteiger partial charge in [-0.25, -0.2) is 0 Å². The zero-order valence-corrected chi connectivity index (χ0v) is 9.04. The molecule has 2 fully saturated rings. The minimum atomic E-state index is -0.202.